The molecule has 0 saturated heterocycles. The van der Waals surface area contributed by atoms with Crippen molar-refractivity contribution in [2.75, 3.05) is 45.0 Å². The number of methoxy groups -OCH3 is 1. The summed E-state index contributed by atoms with van der Waals surface area (Å²) in [6.45, 7) is 4.35. The molecule has 1 N–H and O–H groups in total. The van der Waals surface area contributed by atoms with Gasteiger partial charge in [0.15, 0.2) is 0 Å². The van der Waals surface area contributed by atoms with Gasteiger partial charge in [0.05, 0.1) is 24.6 Å². The molecule has 168 valence electrons. The van der Waals surface area contributed by atoms with Crippen LogP contribution in [0.15, 0.2) is 60.9 Å². The van der Waals surface area contributed by atoms with Crippen LogP contribution < -0.4 is 10.2 Å². The summed E-state index contributed by atoms with van der Waals surface area (Å²) in [5.41, 5.74) is 7.95. The van der Waals surface area contributed by atoms with E-state index in [0.29, 0.717) is 11.3 Å². The van der Waals surface area contributed by atoms with Crippen molar-refractivity contribution in [1.82, 2.24) is 9.88 Å². The number of anilines is 3. The molecular weight excluding hydrogens is 400 g/mol. The van der Waals surface area contributed by atoms with Crippen LogP contribution in [-0.2, 0) is 17.7 Å². The second-order valence-corrected chi connectivity index (χ2v) is 8.00. The minimum atomic E-state index is -0.359. The highest BCUT2D eigenvalue weighted by Gasteiger charge is 2.14. The van der Waals surface area contributed by atoms with Crippen molar-refractivity contribution in [3.05, 3.63) is 83.2 Å². The van der Waals surface area contributed by atoms with Crippen LogP contribution in [0.1, 0.15) is 27.0 Å². The van der Waals surface area contributed by atoms with Gasteiger partial charge in [0, 0.05) is 44.8 Å². The van der Waals surface area contributed by atoms with Crippen LogP contribution in [0.25, 0.3) is 0 Å². The van der Waals surface area contributed by atoms with Crippen LogP contribution in [0.2, 0.25) is 0 Å². The molecule has 1 aliphatic rings. The second kappa shape index (κ2) is 10.8. The summed E-state index contributed by atoms with van der Waals surface area (Å²) in [5.74, 6) is -0.359. The molecule has 0 saturated carbocycles. The fourth-order valence-electron chi connectivity index (χ4n) is 3.69. The molecule has 4 rings (SSSR count). The zero-order chi connectivity index (χ0) is 23.1. The predicted molar refractivity (Wildman–Crippen MR) is 131 cm³/mol. The van der Waals surface area contributed by atoms with Gasteiger partial charge in [-0.2, -0.15) is 0 Å². The lowest BCUT2D eigenvalue weighted by Gasteiger charge is -2.27. The zero-order valence-electron chi connectivity index (χ0n) is 19.6. The molecule has 0 aliphatic carbocycles. The van der Waals surface area contributed by atoms with Gasteiger partial charge in [0.1, 0.15) is 0 Å². The lowest BCUT2D eigenvalue weighted by atomic mass is 9.99. The number of nitrogens with one attached hydrogen (secondary N) is 1. The van der Waals surface area contributed by atoms with Gasteiger partial charge >= 0.3 is 5.97 Å². The molecule has 0 atom stereocenters. The Balaban J connectivity index is 0.000000207. The molecule has 6 nitrogen and oxygen atoms in total. The predicted octanol–water partition coefficient (Wildman–Crippen LogP) is 4.66. The largest absolute Gasteiger partial charge is 0.465 e. The molecule has 2 aromatic carbocycles. The van der Waals surface area contributed by atoms with Crippen molar-refractivity contribution in [3.8, 4) is 0 Å². The van der Waals surface area contributed by atoms with Gasteiger partial charge in [-0.15, -0.1) is 0 Å². The summed E-state index contributed by atoms with van der Waals surface area (Å²) in [5, 5.41) is 2.85. The van der Waals surface area contributed by atoms with E-state index in [1.165, 1.54) is 35.2 Å². The number of hydrogen-bond acceptors (Lipinski definition) is 6. The fourth-order valence-corrected chi connectivity index (χ4v) is 3.69. The summed E-state index contributed by atoms with van der Waals surface area (Å²) >= 11 is 0. The number of ether oxygens (including phenoxy) is 1. The highest BCUT2D eigenvalue weighted by atomic mass is 16.5. The summed E-state index contributed by atoms with van der Waals surface area (Å²) in [4.78, 5) is 19.6. The van der Waals surface area contributed by atoms with Crippen molar-refractivity contribution >= 4 is 23.0 Å². The van der Waals surface area contributed by atoms with E-state index in [-0.39, 0.29) is 5.97 Å². The molecular formula is C26H32N4O2. The average Bonchev–Trinajstić information content (AvgIpc) is 2.83. The van der Waals surface area contributed by atoms with E-state index >= 15 is 0 Å². The van der Waals surface area contributed by atoms with E-state index in [1.807, 2.05) is 0 Å². The van der Waals surface area contributed by atoms with Crippen LogP contribution in [0.3, 0.4) is 0 Å². The lowest BCUT2D eigenvalue weighted by Crippen LogP contribution is -2.26. The number of aryl methyl sites for hydroxylation is 1. The number of rotatable bonds is 4. The van der Waals surface area contributed by atoms with Gasteiger partial charge in [0.25, 0.3) is 0 Å². The highest BCUT2D eigenvalue weighted by Crippen LogP contribution is 2.28. The van der Waals surface area contributed by atoms with E-state index in [9.17, 15) is 4.79 Å². The van der Waals surface area contributed by atoms with Crippen molar-refractivity contribution in [2.24, 2.45) is 0 Å². The number of aromatic nitrogens is 1. The topological polar surface area (TPSA) is 57.7 Å². The minimum Gasteiger partial charge on any atom is -0.465 e. The normalized spacial score (nSPS) is 12.8. The molecule has 1 aliphatic heterocycles. The Bertz CT molecular complexity index is 1050. The Morgan fingerprint density at radius 2 is 1.81 bits per heavy atom. The SMILES string of the molecule is CNc1cnccc1C(=O)OC.Cc1ccc(N(C)c2ccc3c(c2)CCN(C)C3)cc1. The molecule has 6 heteroatoms. The third-order valence-electron chi connectivity index (χ3n) is 5.70. The van der Waals surface area contributed by atoms with E-state index in [2.05, 4.69) is 88.3 Å². The third kappa shape index (κ3) is 5.65. The second-order valence-electron chi connectivity index (χ2n) is 8.00. The summed E-state index contributed by atoms with van der Waals surface area (Å²) in [6, 6.07) is 17.2. The summed E-state index contributed by atoms with van der Waals surface area (Å²) < 4.78 is 4.57. The Kier molecular flexibility index (Phi) is 7.84. The first kappa shape index (κ1) is 23.3. The van der Waals surface area contributed by atoms with Crippen LogP contribution in [0, 0.1) is 6.92 Å². The molecule has 0 radical (unpaired) electrons. The molecule has 0 bridgehead atoms. The van der Waals surface area contributed by atoms with Gasteiger partial charge in [-0.1, -0.05) is 23.8 Å². The van der Waals surface area contributed by atoms with Crippen molar-refractivity contribution in [1.29, 1.82) is 0 Å². The van der Waals surface area contributed by atoms with Gasteiger partial charge in [-0.3, -0.25) is 4.98 Å². The molecule has 0 unspecified atom stereocenters. The summed E-state index contributed by atoms with van der Waals surface area (Å²) in [6.07, 6.45) is 4.28. The first-order valence-electron chi connectivity index (χ1n) is 10.7. The number of likely N-dealkylation sites (N-methyl/N-ethyl adjacent to an activating group) is 1. The van der Waals surface area contributed by atoms with E-state index in [4.69, 9.17) is 0 Å². The standard InChI is InChI=1S/C18H22N2.C8H10N2O2/c1-14-4-7-17(8-5-14)20(3)18-9-6-16-13-19(2)11-10-15(16)12-18;1-9-7-5-10-4-3-6(7)8(11)12-2/h4-9,12H,10-11,13H2,1-3H3;3-5,9H,1-2H3. The van der Waals surface area contributed by atoms with Gasteiger partial charge in [0.2, 0.25) is 0 Å². The van der Waals surface area contributed by atoms with Crippen LogP contribution >= 0.6 is 0 Å². The zero-order valence-corrected chi connectivity index (χ0v) is 19.6. The molecule has 0 fully saturated rings. The van der Waals surface area contributed by atoms with Crippen LogP contribution in [-0.4, -0.2) is 50.7 Å². The third-order valence-corrected chi connectivity index (χ3v) is 5.70. The number of hydrogen-bond donors (Lipinski definition) is 1. The minimum absolute atomic E-state index is 0.359. The maximum Gasteiger partial charge on any atom is 0.340 e. The molecule has 0 spiro atoms. The number of carbonyl (C=O) groups is 1. The van der Waals surface area contributed by atoms with Crippen LogP contribution in [0.4, 0.5) is 17.1 Å². The number of esters is 1. The van der Waals surface area contributed by atoms with Crippen LogP contribution in [0.5, 0.6) is 0 Å². The number of carbonyl (C=O) groups excluding carboxylic acids is 1. The smallest absolute Gasteiger partial charge is 0.340 e. The van der Waals surface area contributed by atoms with E-state index in [0.717, 1.165) is 19.5 Å². The Hall–Kier alpha value is -3.38. The van der Waals surface area contributed by atoms with E-state index in [1.54, 1.807) is 25.5 Å². The maximum atomic E-state index is 11.1. The molecule has 32 heavy (non-hydrogen) atoms. The molecule has 3 aromatic rings. The quantitative estimate of drug-likeness (QED) is 0.605. The molecule has 0 amide bonds. The molecule has 1 aromatic heterocycles. The van der Waals surface area contributed by atoms with Gasteiger partial charge in [-0.25, -0.2) is 4.79 Å². The first-order valence-corrected chi connectivity index (χ1v) is 10.7. The molecule has 2 heterocycles. The van der Waals surface area contributed by atoms with Crippen molar-refractivity contribution in [2.45, 2.75) is 19.9 Å². The fraction of sp³-hybridized carbons (Fsp3) is 0.308. The number of nitrogens with zero attached hydrogens (tertiary/aromatic N) is 3. The van der Waals surface area contributed by atoms with Gasteiger partial charge < -0.3 is 19.9 Å². The highest BCUT2D eigenvalue weighted by molar-refractivity contribution is 5.95. The maximum absolute atomic E-state index is 11.1. The van der Waals surface area contributed by atoms with Crippen molar-refractivity contribution < 1.29 is 9.53 Å². The van der Waals surface area contributed by atoms with Crippen molar-refractivity contribution in [3.63, 3.8) is 0 Å². The average molecular weight is 433 g/mol. The first-order chi connectivity index (χ1) is 15.4. The Morgan fingerprint density at radius 3 is 2.50 bits per heavy atom. The van der Waals surface area contributed by atoms with Gasteiger partial charge in [-0.05, 0) is 61.9 Å². The summed E-state index contributed by atoms with van der Waals surface area (Å²) in [7, 11) is 7.41. The lowest BCUT2D eigenvalue weighted by molar-refractivity contribution is 0.0601. The number of benzene rings is 2. The number of pyridine rings is 1. The van der Waals surface area contributed by atoms with E-state index < -0.39 is 0 Å². The Morgan fingerprint density at radius 1 is 1.09 bits per heavy atom. The monoisotopic (exact) mass is 432 g/mol. The number of fused-ring (bicyclic) bond motifs is 1. The Labute approximate surface area is 190 Å².